The van der Waals surface area contributed by atoms with Crippen LogP contribution in [0.4, 0.5) is 0 Å². The third kappa shape index (κ3) is 3.55. The standard InChI is InChI=1S/C16H16Br2O2/c1-11-4-3-5-12(9-17)16(11)20-10-13-8-14(18)6-7-15(13)19-2/h3-8H,9-10H2,1-2H3. The highest BCUT2D eigenvalue weighted by Crippen LogP contribution is 2.29. The molecule has 0 unspecified atom stereocenters. The summed E-state index contributed by atoms with van der Waals surface area (Å²) in [5, 5.41) is 0.777. The summed E-state index contributed by atoms with van der Waals surface area (Å²) in [6, 6.07) is 12.1. The lowest BCUT2D eigenvalue weighted by Gasteiger charge is -2.15. The highest BCUT2D eigenvalue weighted by atomic mass is 79.9. The number of methoxy groups -OCH3 is 1. The van der Waals surface area contributed by atoms with Crippen LogP contribution >= 0.6 is 31.9 Å². The van der Waals surface area contributed by atoms with E-state index in [0.29, 0.717) is 6.61 Å². The third-order valence-electron chi connectivity index (χ3n) is 3.05. The average Bonchev–Trinajstić information content (AvgIpc) is 2.46. The van der Waals surface area contributed by atoms with Crippen LogP contribution in [-0.4, -0.2) is 7.11 Å². The number of hydrogen-bond acceptors (Lipinski definition) is 2. The Labute approximate surface area is 136 Å². The van der Waals surface area contributed by atoms with Crippen LogP contribution in [0.1, 0.15) is 16.7 Å². The Morgan fingerprint density at radius 3 is 2.60 bits per heavy atom. The van der Waals surface area contributed by atoms with Gasteiger partial charge in [0.1, 0.15) is 18.1 Å². The molecule has 0 saturated heterocycles. The highest BCUT2D eigenvalue weighted by Gasteiger charge is 2.09. The van der Waals surface area contributed by atoms with Crippen molar-refractivity contribution in [3.05, 3.63) is 57.6 Å². The van der Waals surface area contributed by atoms with Crippen molar-refractivity contribution < 1.29 is 9.47 Å². The largest absolute Gasteiger partial charge is 0.496 e. The van der Waals surface area contributed by atoms with E-state index < -0.39 is 0 Å². The number of rotatable bonds is 5. The van der Waals surface area contributed by atoms with Crippen LogP contribution in [0.15, 0.2) is 40.9 Å². The Morgan fingerprint density at radius 1 is 1.10 bits per heavy atom. The minimum absolute atomic E-state index is 0.480. The van der Waals surface area contributed by atoms with Gasteiger partial charge in [-0.05, 0) is 30.7 Å². The van der Waals surface area contributed by atoms with Crippen LogP contribution in [-0.2, 0) is 11.9 Å². The van der Waals surface area contributed by atoms with E-state index in [9.17, 15) is 0 Å². The van der Waals surface area contributed by atoms with Gasteiger partial charge in [-0.2, -0.15) is 0 Å². The number of halogens is 2. The molecule has 0 aliphatic carbocycles. The molecule has 106 valence electrons. The van der Waals surface area contributed by atoms with E-state index in [4.69, 9.17) is 9.47 Å². The molecular weight excluding hydrogens is 384 g/mol. The Hall–Kier alpha value is -1.00. The van der Waals surface area contributed by atoms with Crippen molar-refractivity contribution in [3.8, 4) is 11.5 Å². The number of ether oxygens (including phenoxy) is 2. The second kappa shape index (κ2) is 7.14. The molecule has 0 aliphatic rings. The number of alkyl halides is 1. The van der Waals surface area contributed by atoms with Gasteiger partial charge in [-0.3, -0.25) is 0 Å². The molecule has 0 atom stereocenters. The third-order valence-corrected chi connectivity index (χ3v) is 4.15. The van der Waals surface area contributed by atoms with Gasteiger partial charge >= 0.3 is 0 Å². The number of para-hydroxylation sites is 1. The molecule has 2 rings (SSSR count). The van der Waals surface area contributed by atoms with Gasteiger partial charge < -0.3 is 9.47 Å². The molecule has 0 heterocycles. The lowest BCUT2D eigenvalue weighted by atomic mass is 10.1. The minimum Gasteiger partial charge on any atom is -0.496 e. The maximum Gasteiger partial charge on any atom is 0.126 e. The monoisotopic (exact) mass is 398 g/mol. The topological polar surface area (TPSA) is 18.5 Å². The van der Waals surface area contributed by atoms with E-state index in [1.54, 1.807) is 7.11 Å². The summed E-state index contributed by atoms with van der Waals surface area (Å²) in [4.78, 5) is 0. The van der Waals surface area contributed by atoms with Crippen LogP contribution in [0.3, 0.4) is 0 Å². The molecule has 2 aromatic rings. The molecular formula is C16H16Br2O2. The lowest BCUT2D eigenvalue weighted by molar-refractivity contribution is 0.292. The highest BCUT2D eigenvalue weighted by molar-refractivity contribution is 9.10. The first-order valence-electron chi connectivity index (χ1n) is 6.25. The molecule has 0 spiro atoms. The van der Waals surface area contributed by atoms with Gasteiger partial charge in [-0.15, -0.1) is 0 Å². The summed E-state index contributed by atoms with van der Waals surface area (Å²) < 4.78 is 12.4. The fraction of sp³-hybridized carbons (Fsp3) is 0.250. The van der Waals surface area contributed by atoms with E-state index >= 15 is 0 Å². The maximum atomic E-state index is 6.01. The molecule has 2 aromatic carbocycles. The van der Waals surface area contributed by atoms with Gasteiger partial charge in [-0.25, -0.2) is 0 Å². The van der Waals surface area contributed by atoms with Crippen LogP contribution in [0.2, 0.25) is 0 Å². The fourth-order valence-corrected chi connectivity index (χ4v) is 2.88. The Kier molecular flexibility index (Phi) is 5.49. The lowest BCUT2D eigenvalue weighted by Crippen LogP contribution is -2.02. The first-order chi connectivity index (χ1) is 9.65. The fourth-order valence-electron chi connectivity index (χ4n) is 2.03. The number of aryl methyl sites for hydroxylation is 1. The Bertz CT molecular complexity index is 597. The predicted octanol–water partition coefficient (Wildman–Crippen LogP) is 5.24. The van der Waals surface area contributed by atoms with E-state index in [1.165, 1.54) is 0 Å². The first kappa shape index (κ1) is 15.4. The number of hydrogen-bond donors (Lipinski definition) is 0. The van der Waals surface area contributed by atoms with Crippen molar-refractivity contribution in [1.82, 2.24) is 0 Å². The summed E-state index contributed by atoms with van der Waals surface area (Å²) in [5.41, 5.74) is 3.31. The normalized spacial score (nSPS) is 10.4. The zero-order valence-corrected chi connectivity index (χ0v) is 14.6. The summed E-state index contributed by atoms with van der Waals surface area (Å²) in [7, 11) is 1.67. The van der Waals surface area contributed by atoms with Crippen LogP contribution in [0, 0.1) is 6.92 Å². The average molecular weight is 400 g/mol. The molecule has 0 fully saturated rings. The Morgan fingerprint density at radius 2 is 1.90 bits per heavy atom. The van der Waals surface area contributed by atoms with E-state index in [2.05, 4.69) is 50.9 Å². The zero-order valence-electron chi connectivity index (χ0n) is 11.5. The summed E-state index contributed by atoms with van der Waals surface area (Å²) >= 11 is 6.97. The summed E-state index contributed by atoms with van der Waals surface area (Å²) in [6.45, 7) is 2.53. The van der Waals surface area contributed by atoms with Gasteiger partial charge in [0.05, 0.1) is 7.11 Å². The minimum atomic E-state index is 0.480. The van der Waals surface area contributed by atoms with E-state index in [1.807, 2.05) is 24.3 Å². The maximum absolute atomic E-state index is 6.01. The van der Waals surface area contributed by atoms with Gasteiger partial charge in [0.2, 0.25) is 0 Å². The van der Waals surface area contributed by atoms with Gasteiger partial charge in [0.25, 0.3) is 0 Å². The van der Waals surface area contributed by atoms with Crippen molar-refractivity contribution in [2.24, 2.45) is 0 Å². The summed E-state index contributed by atoms with van der Waals surface area (Å²) in [5.74, 6) is 1.77. The molecule has 0 saturated carbocycles. The molecule has 20 heavy (non-hydrogen) atoms. The molecule has 0 bridgehead atoms. The quantitative estimate of drug-likeness (QED) is 0.640. The SMILES string of the molecule is COc1ccc(Br)cc1COc1c(C)cccc1CBr. The Balaban J connectivity index is 2.23. The van der Waals surface area contributed by atoms with Gasteiger partial charge in [0, 0.05) is 20.9 Å². The molecule has 0 amide bonds. The summed E-state index contributed by atoms with van der Waals surface area (Å²) in [6.07, 6.45) is 0. The van der Waals surface area contributed by atoms with E-state index in [0.717, 1.165) is 38.0 Å². The van der Waals surface area contributed by atoms with Crippen molar-refractivity contribution >= 4 is 31.9 Å². The predicted molar refractivity (Wildman–Crippen MR) is 88.8 cm³/mol. The molecule has 2 nitrogen and oxygen atoms in total. The number of benzene rings is 2. The smallest absolute Gasteiger partial charge is 0.126 e. The van der Waals surface area contributed by atoms with Crippen molar-refractivity contribution in [1.29, 1.82) is 0 Å². The van der Waals surface area contributed by atoms with Crippen molar-refractivity contribution in [2.45, 2.75) is 18.9 Å². The van der Waals surface area contributed by atoms with Gasteiger partial charge in [-0.1, -0.05) is 50.1 Å². The van der Waals surface area contributed by atoms with Crippen LogP contribution < -0.4 is 9.47 Å². The molecule has 0 radical (unpaired) electrons. The van der Waals surface area contributed by atoms with Crippen molar-refractivity contribution in [3.63, 3.8) is 0 Å². The van der Waals surface area contributed by atoms with E-state index in [-0.39, 0.29) is 0 Å². The molecule has 4 heteroatoms. The second-order valence-corrected chi connectivity index (χ2v) is 5.92. The zero-order chi connectivity index (χ0) is 14.5. The second-order valence-electron chi connectivity index (χ2n) is 4.44. The van der Waals surface area contributed by atoms with Gasteiger partial charge in [0.15, 0.2) is 0 Å². The van der Waals surface area contributed by atoms with Crippen LogP contribution in [0.5, 0.6) is 11.5 Å². The van der Waals surface area contributed by atoms with Crippen LogP contribution in [0.25, 0.3) is 0 Å². The molecule has 0 aliphatic heterocycles. The molecule has 0 aromatic heterocycles. The molecule has 0 N–H and O–H groups in total. The first-order valence-corrected chi connectivity index (χ1v) is 8.17. The van der Waals surface area contributed by atoms with Crippen molar-refractivity contribution in [2.75, 3.05) is 7.11 Å².